The molecular formula is C22H20N2O4S. The average Bonchev–Trinajstić information content (AvgIpc) is 3.56. The molecular weight excluding hydrogens is 388 g/mol. The first kappa shape index (κ1) is 19.1. The van der Waals surface area contributed by atoms with Gasteiger partial charge in [0.2, 0.25) is 5.91 Å². The lowest BCUT2D eigenvalue weighted by atomic mass is 9.95. The smallest absolute Gasteiger partial charge is 0.236 e. The van der Waals surface area contributed by atoms with Crippen LogP contribution in [0.3, 0.4) is 0 Å². The highest BCUT2D eigenvalue weighted by Crippen LogP contribution is 2.49. The average molecular weight is 408 g/mol. The van der Waals surface area contributed by atoms with Crippen LogP contribution < -0.4 is 10.1 Å². The van der Waals surface area contributed by atoms with Crippen molar-refractivity contribution >= 4 is 22.4 Å². The lowest BCUT2D eigenvalue weighted by molar-refractivity contribution is -0.118. The Morgan fingerprint density at radius 2 is 1.69 bits per heavy atom. The van der Waals surface area contributed by atoms with Gasteiger partial charge in [-0.2, -0.15) is 0 Å². The van der Waals surface area contributed by atoms with E-state index < -0.39 is 16.1 Å². The molecule has 1 N–H and O–H groups in total. The predicted octanol–water partition coefficient (Wildman–Crippen LogP) is 3.40. The number of hydrogen-bond donors (Lipinski definition) is 2. The fourth-order valence-corrected chi connectivity index (χ4v) is 3.73. The fraction of sp³-hybridized carbons (Fsp3) is 0.182. The SMILES string of the molecule is COc1ccc(C2(C(=O)Nc3cccc(-c4ccc([SH](=O)=O)cc4)n3)CC2)cc1. The van der Waals surface area contributed by atoms with Gasteiger partial charge in [0.25, 0.3) is 0 Å². The molecule has 1 heterocycles. The molecule has 0 saturated heterocycles. The first-order chi connectivity index (χ1) is 14.0. The minimum atomic E-state index is -2.61. The fourth-order valence-electron chi connectivity index (χ4n) is 3.34. The summed E-state index contributed by atoms with van der Waals surface area (Å²) in [6.45, 7) is 0. The number of amides is 1. The molecule has 1 aliphatic rings. The van der Waals surface area contributed by atoms with Crippen LogP contribution in [0.1, 0.15) is 18.4 Å². The molecule has 0 atom stereocenters. The molecule has 0 unspecified atom stereocenters. The number of pyridine rings is 1. The van der Waals surface area contributed by atoms with Gasteiger partial charge < -0.3 is 10.1 Å². The molecule has 0 spiro atoms. The zero-order valence-electron chi connectivity index (χ0n) is 15.8. The topological polar surface area (TPSA) is 85.4 Å². The molecule has 3 aromatic rings. The summed E-state index contributed by atoms with van der Waals surface area (Å²) in [5, 5.41) is 2.93. The van der Waals surface area contributed by atoms with Gasteiger partial charge in [0.05, 0.1) is 23.1 Å². The molecule has 0 bridgehead atoms. The summed E-state index contributed by atoms with van der Waals surface area (Å²) >= 11 is 0. The number of anilines is 1. The van der Waals surface area contributed by atoms with E-state index in [4.69, 9.17) is 4.74 Å². The van der Waals surface area contributed by atoms with Crippen LogP contribution in [0.2, 0.25) is 0 Å². The monoisotopic (exact) mass is 408 g/mol. The number of rotatable bonds is 6. The Morgan fingerprint density at radius 3 is 2.28 bits per heavy atom. The zero-order chi connectivity index (χ0) is 20.4. The van der Waals surface area contributed by atoms with Gasteiger partial charge in [-0.15, -0.1) is 0 Å². The van der Waals surface area contributed by atoms with E-state index in [1.165, 1.54) is 12.1 Å². The Bertz CT molecular complexity index is 1110. The number of ether oxygens (including phenoxy) is 1. The molecule has 7 heteroatoms. The second-order valence-electron chi connectivity index (χ2n) is 6.98. The molecule has 0 aliphatic heterocycles. The van der Waals surface area contributed by atoms with Crippen LogP contribution in [0.4, 0.5) is 5.82 Å². The quantitative estimate of drug-likeness (QED) is 0.611. The number of carbonyl (C=O) groups excluding carboxylic acids is 1. The highest BCUT2D eigenvalue weighted by molar-refractivity contribution is 7.72. The summed E-state index contributed by atoms with van der Waals surface area (Å²) in [6, 6.07) is 19.4. The van der Waals surface area contributed by atoms with Crippen LogP contribution in [0.5, 0.6) is 5.75 Å². The van der Waals surface area contributed by atoms with Crippen molar-refractivity contribution in [3.8, 4) is 17.0 Å². The molecule has 4 rings (SSSR count). The van der Waals surface area contributed by atoms with E-state index in [0.29, 0.717) is 11.5 Å². The van der Waals surface area contributed by atoms with Gasteiger partial charge in [-0.3, -0.25) is 4.79 Å². The minimum Gasteiger partial charge on any atom is -0.497 e. The third kappa shape index (κ3) is 3.86. The number of thiol groups is 1. The molecule has 6 nitrogen and oxygen atoms in total. The minimum absolute atomic E-state index is 0.0778. The summed E-state index contributed by atoms with van der Waals surface area (Å²) in [5.41, 5.74) is 1.88. The Balaban J connectivity index is 1.53. The molecule has 1 amide bonds. The van der Waals surface area contributed by atoms with Crippen molar-refractivity contribution in [1.82, 2.24) is 4.98 Å². The Morgan fingerprint density at radius 1 is 1.00 bits per heavy atom. The second kappa shape index (κ2) is 7.67. The second-order valence-corrected chi connectivity index (χ2v) is 8.01. The number of carbonyl (C=O) groups is 1. The molecule has 1 saturated carbocycles. The molecule has 1 aromatic heterocycles. The predicted molar refractivity (Wildman–Crippen MR) is 111 cm³/mol. The lowest BCUT2D eigenvalue weighted by Gasteiger charge is -2.16. The first-order valence-electron chi connectivity index (χ1n) is 9.20. The van der Waals surface area contributed by atoms with Crippen molar-refractivity contribution in [2.75, 3.05) is 12.4 Å². The molecule has 1 fully saturated rings. The normalized spacial score (nSPS) is 14.4. The van der Waals surface area contributed by atoms with Gasteiger partial charge in [-0.25, -0.2) is 13.4 Å². The van der Waals surface area contributed by atoms with Gasteiger partial charge in [-0.05, 0) is 54.8 Å². The van der Waals surface area contributed by atoms with E-state index in [2.05, 4.69) is 10.3 Å². The molecule has 148 valence electrons. The third-order valence-corrected chi connectivity index (χ3v) is 5.91. The maximum Gasteiger partial charge on any atom is 0.236 e. The maximum absolute atomic E-state index is 13.0. The number of nitrogens with one attached hydrogen (secondary N) is 1. The summed E-state index contributed by atoms with van der Waals surface area (Å²) in [6.07, 6.45) is 1.58. The van der Waals surface area contributed by atoms with Crippen molar-refractivity contribution in [1.29, 1.82) is 0 Å². The largest absolute Gasteiger partial charge is 0.497 e. The van der Waals surface area contributed by atoms with Gasteiger partial charge in [-0.1, -0.05) is 30.3 Å². The Kier molecular flexibility index (Phi) is 5.07. The van der Waals surface area contributed by atoms with Gasteiger partial charge in [0.15, 0.2) is 10.7 Å². The Hall–Kier alpha value is -3.19. The van der Waals surface area contributed by atoms with E-state index in [9.17, 15) is 13.2 Å². The summed E-state index contributed by atoms with van der Waals surface area (Å²) in [5.74, 6) is 1.14. The van der Waals surface area contributed by atoms with Crippen molar-refractivity contribution in [2.45, 2.75) is 23.2 Å². The lowest BCUT2D eigenvalue weighted by Crippen LogP contribution is -2.28. The van der Waals surface area contributed by atoms with Crippen LogP contribution >= 0.6 is 0 Å². The van der Waals surface area contributed by atoms with Crippen molar-refractivity contribution in [3.63, 3.8) is 0 Å². The number of hydrogen-bond acceptors (Lipinski definition) is 5. The highest BCUT2D eigenvalue weighted by Gasteiger charge is 2.51. The van der Waals surface area contributed by atoms with Gasteiger partial charge in [0, 0.05) is 5.56 Å². The summed E-state index contributed by atoms with van der Waals surface area (Å²) in [4.78, 5) is 17.7. The summed E-state index contributed by atoms with van der Waals surface area (Å²) in [7, 11) is -0.999. The first-order valence-corrected chi connectivity index (χ1v) is 10.4. The van der Waals surface area contributed by atoms with Crippen LogP contribution in [0.25, 0.3) is 11.3 Å². The van der Waals surface area contributed by atoms with E-state index in [0.717, 1.165) is 29.7 Å². The van der Waals surface area contributed by atoms with Crippen molar-refractivity contribution in [3.05, 3.63) is 72.3 Å². The molecule has 1 aliphatic carbocycles. The van der Waals surface area contributed by atoms with Crippen molar-refractivity contribution in [2.24, 2.45) is 0 Å². The third-order valence-electron chi connectivity index (χ3n) is 5.19. The molecule has 0 radical (unpaired) electrons. The van der Waals surface area contributed by atoms with Gasteiger partial charge in [0.1, 0.15) is 11.6 Å². The van der Waals surface area contributed by atoms with Crippen LogP contribution in [0.15, 0.2) is 71.6 Å². The maximum atomic E-state index is 13.0. The van der Waals surface area contributed by atoms with E-state index in [1.54, 1.807) is 25.3 Å². The number of methoxy groups -OCH3 is 1. The molecule has 29 heavy (non-hydrogen) atoms. The number of aromatic nitrogens is 1. The van der Waals surface area contributed by atoms with E-state index in [1.807, 2.05) is 36.4 Å². The summed E-state index contributed by atoms with van der Waals surface area (Å²) < 4.78 is 27.3. The standard InChI is InChI=1S/C22H20N2O4S/c1-28-17-9-7-16(8-10-17)22(13-14-22)21(25)24-20-4-2-3-19(23-20)15-5-11-18(12-6-15)29(26)27/h2-12,29H,13-14H2,1H3,(H,23,24,25). The van der Waals surface area contributed by atoms with Crippen LogP contribution in [-0.2, 0) is 20.9 Å². The molecule has 2 aromatic carbocycles. The highest BCUT2D eigenvalue weighted by atomic mass is 32.2. The van der Waals surface area contributed by atoms with E-state index in [-0.39, 0.29) is 10.8 Å². The van der Waals surface area contributed by atoms with Gasteiger partial charge >= 0.3 is 0 Å². The van der Waals surface area contributed by atoms with Crippen LogP contribution in [0, 0.1) is 0 Å². The Labute approximate surface area is 170 Å². The van der Waals surface area contributed by atoms with E-state index >= 15 is 0 Å². The zero-order valence-corrected chi connectivity index (χ0v) is 16.7. The van der Waals surface area contributed by atoms with Crippen LogP contribution in [-0.4, -0.2) is 26.4 Å². The van der Waals surface area contributed by atoms with Crippen molar-refractivity contribution < 1.29 is 17.9 Å². The number of benzene rings is 2. The number of nitrogens with zero attached hydrogens (tertiary/aromatic N) is 1.